The lowest BCUT2D eigenvalue weighted by Crippen LogP contribution is -2.43. The Labute approximate surface area is 228 Å². The van der Waals surface area contributed by atoms with Crippen LogP contribution in [0.25, 0.3) is 0 Å². The number of aromatic amines is 1. The number of amides is 2. The topological polar surface area (TPSA) is 157 Å². The minimum atomic E-state index is -0.775. The van der Waals surface area contributed by atoms with Crippen molar-refractivity contribution in [2.75, 3.05) is 29.1 Å². The number of anilines is 3. The van der Waals surface area contributed by atoms with E-state index in [9.17, 15) is 24.0 Å². The molecular weight excluding hydrogens is 502 g/mol. The highest BCUT2D eigenvalue weighted by Crippen LogP contribution is 2.27. The first-order chi connectivity index (χ1) is 18.2. The highest BCUT2D eigenvalue weighted by molar-refractivity contribution is 5.97. The summed E-state index contributed by atoms with van der Waals surface area (Å²) in [4.78, 5) is 66.5. The maximum Gasteiger partial charge on any atom is 0.330 e. The first kappa shape index (κ1) is 31.3. The summed E-state index contributed by atoms with van der Waals surface area (Å²) in [5.41, 5.74) is 7.20. The van der Waals surface area contributed by atoms with E-state index in [1.807, 2.05) is 66.7 Å². The van der Waals surface area contributed by atoms with Crippen LogP contribution in [0.15, 0.2) is 27.8 Å². The van der Waals surface area contributed by atoms with Crippen LogP contribution in [-0.4, -0.2) is 40.5 Å². The van der Waals surface area contributed by atoms with Gasteiger partial charge in [-0.25, -0.2) is 4.79 Å². The first-order valence-corrected chi connectivity index (χ1v) is 13.2. The van der Waals surface area contributed by atoms with Crippen LogP contribution in [0.4, 0.5) is 17.2 Å². The molecule has 11 heteroatoms. The van der Waals surface area contributed by atoms with E-state index in [0.29, 0.717) is 5.69 Å². The third kappa shape index (κ3) is 8.56. The highest BCUT2D eigenvalue weighted by atomic mass is 16.5. The van der Waals surface area contributed by atoms with Crippen molar-refractivity contribution in [1.82, 2.24) is 9.55 Å². The maximum absolute atomic E-state index is 13.2. The summed E-state index contributed by atoms with van der Waals surface area (Å²) >= 11 is 0. The second-order valence-electron chi connectivity index (χ2n) is 10.8. The van der Waals surface area contributed by atoms with E-state index >= 15 is 0 Å². The number of rotatable bonds is 12. The standard InChI is InChI=1S/C28H41N5O6/c1-16(2)13-32(25-26(29)33(14-17(3)4)28(38)31-27(25)37)22(35)11-12-23(36)39-15-21(34)30-24-19(7)9-8-10-20(24)18(5)6/h8-10,16-18H,11-15,29H2,1-7H3,(H,30,34)(H,31,37,38). The molecule has 0 saturated carbocycles. The van der Waals surface area contributed by atoms with Crippen LogP contribution < -0.4 is 27.2 Å². The minimum absolute atomic E-state index is 0.0361. The molecule has 0 unspecified atom stereocenters. The van der Waals surface area contributed by atoms with E-state index < -0.39 is 35.6 Å². The van der Waals surface area contributed by atoms with Crippen LogP contribution in [0.5, 0.6) is 0 Å². The predicted octanol–water partition coefficient (Wildman–Crippen LogP) is 3.16. The molecule has 4 N–H and O–H groups in total. The van der Waals surface area contributed by atoms with E-state index in [1.54, 1.807) is 0 Å². The lowest BCUT2D eigenvalue weighted by atomic mass is 9.98. The molecule has 2 aromatic rings. The van der Waals surface area contributed by atoms with Crippen LogP contribution in [-0.2, 0) is 25.7 Å². The first-order valence-electron chi connectivity index (χ1n) is 13.2. The average Bonchev–Trinajstić information content (AvgIpc) is 2.83. The van der Waals surface area contributed by atoms with Crippen molar-refractivity contribution < 1.29 is 19.1 Å². The smallest absolute Gasteiger partial charge is 0.330 e. The minimum Gasteiger partial charge on any atom is -0.456 e. The zero-order valence-electron chi connectivity index (χ0n) is 23.9. The van der Waals surface area contributed by atoms with Crippen molar-refractivity contribution in [2.24, 2.45) is 11.8 Å². The van der Waals surface area contributed by atoms with Crippen molar-refractivity contribution in [2.45, 2.75) is 73.8 Å². The van der Waals surface area contributed by atoms with Gasteiger partial charge < -0.3 is 20.7 Å². The molecule has 2 amide bonds. The molecule has 1 aromatic heterocycles. The number of nitrogens with zero attached hydrogens (tertiary/aromatic N) is 2. The molecule has 1 aromatic carbocycles. The summed E-state index contributed by atoms with van der Waals surface area (Å²) in [7, 11) is 0. The Morgan fingerprint density at radius 2 is 1.72 bits per heavy atom. The molecular formula is C28H41N5O6. The third-order valence-electron chi connectivity index (χ3n) is 5.98. The van der Waals surface area contributed by atoms with Crippen LogP contribution in [0.2, 0.25) is 0 Å². The van der Waals surface area contributed by atoms with Crippen LogP contribution in [0, 0.1) is 18.8 Å². The van der Waals surface area contributed by atoms with Gasteiger partial charge in [0.05, 0.1) is 6.42 Å². The van der Waals surface area contributed by atoms with Crippen molar-refractivity contribution in [1.29, 1.82) is 0 Å². The Morgan fingerprint density at radius 1 is 1.05 bits per heavy atom. The fourth-order valence-electron chi connectivity index (χ4n) is 4.15. The monoisotopic (exact) mass is 543 g/mol. The van der Waals surface area contributed by atoms with Crippen molar-refractivity contribution in [3.63, 3.8) is 0 Å². The number of para-hydroxylation sites is 1. The van der Waals surface area contributed by atoms with Gasteiger partial charge >= 0.3 is 11.7 Å². The van der Waals surface area contributed by atoms with Gasteiger partial charge in [-0.3, -0.25) is 28.7 Å². The molecule has 39 heavy (non-hydrogen) atoms. The number of nitrogens with one attached hydrogen (secondary N) is 2. The fourth-order valence-corrected chi connectivity index (χ4v) is 4.15. The van der Waals surface area contributed by atoms with Gasteiger partial charge in [0, 0.05) is 25.2 Å². The maximum atomic E-state index is 13.2. The van der Waals surface area contributed by atoms with Gasteiger partial charge in [-0.15, -0.1) is 0 Å². The summed E-state index contributed by atoms with van der Waals surface area (Å²) in [5, 5.41) is 2.81. The Hall–Kier alpha value is -3.89. The molecule has 0 aliphatic rings. The highest BCUT2D eigenvalue weighted by Gasteiger charge is 2.26. The quantitative estimate of drug-likeness (QED) is 0.347. The predicted molar refractivity (Wildman–Crippen MR) is 152 cm³/mol. The molecule has 0 fully saturated rings. The number of esters is 1. The number of nitrogens with two attached hydrogens (primary N) is 1. The number of aryl methyl sites for hydroxylation is 1. The van der Waals surface area contributed by atoms with Gasteiger partial charge in [0.1, 0.15) is 5.82 Å². The third-order valence-corrected chi connectivity index (χ3v) is 5.98. The largest absolute Gasteiger partial charge is 0.456 e. The molecule has 0 spiro atoms. The second-order valence-corrected chi connectivity index (χ2v) is 10.8. The molecule has 0 aliphatic carbocycles. The summed E-state index contributed by atoms with van der Waals surface area (Å²) in [6.07, 6.45) is -0.573. The zero-order valence-corrected chi connectivity index (χ0v) is 23.9. The Morgan fingerprint density at radius 3 is 2.31 bits per heavy atom. The average molecular weight is 544 g/mol. The fraction of sp³-hybridized carbons (Fsp3) is 0.536. The summed E-state index contributed by atoms with van der Waals surface area (Å²) in [6, 6.07) is 5.73. The lowest BCUT2D eigenvalue weighted by molar-refractivity contribution is -0.148. The summed E-state index contributed by atoms with van der Waals surface area (Å²) < 4.78 is 6.33. The molecule has 214 valence electrons. The number of aromatic nitrogens is 2. The zero-order chi connectivity index (χ0) is 29.4. The van der Waals surface area contributed by atoms with Crippen LogP contribution >= 0.6 is 0 Å². The molecule has 0 aliphatic heterocycles. The number of H-pyrrole nitrogens is 1. The Bertz CT molecular complexity index is 1310. The van der Waals surface area contributed by atoms with E-state index in [0.717, 1.165) is 11.1 Å². The number of nitrogen functional groups attached to an aromatic ring is 1. The van der Waals surface area contributed by atoms with Gasteiger partial charge in [0.25, 0.3) is 11.5 Å². The molecule has 0 saturated heterocycles. The van der Waals surface area contributed by atoms with E-state index in [4.69, 9.17) is 10.5 Å². The normalized spacial score (nSPS) is 11.2. The van der Waals surface area contributed by atoms with Gasteiger partial charge in [-0.1, -0.05) is 59.7 Å². The summed E-state index contributed by atoms with van der Waals surface area (Å²) in [5.74, 6) is -1.64. The molecule has 0 atom stereocenters. The van der Waals surface area contributed by atoms with Crippen molar-refractivity contribution in [3.8, 4) is 0 Å². The Kier molecular flexibility index (Phi) is 11.1. The number of carbonyl (C=O) groups is 3. The van der Waals surface area contributed by atoms with Gasteiger partial charge in [-0.05, 0) is 35.8 Å². The van der Waals surface area contributed by atoms with Crippen molar-refractivity contribution in [3.05, 3.63) is 50.2 Å². The SMILES string of the molecule is Cc1cccc(C(C)C)c1NC(=O)COC(=O)CCC(=O)N(CC(C)C)c1c(N)n(CC(C)C)c(=O)[nH]c1=O. The van der Waals surface area contributed by atoms with E-state index in [1.165, 1.54) is 9.47 Å². The van der Waals surface area contributed by atoms with Crippen LogP contribution in [0.3, 0.4) is 0 Å². The number of hydrogen-bond acceptors (Lipinski definition) is 7. The molecule has 2 rings (SSSR count). The van der Waals surface area contributed by atoms with Crippen LogP contribution in [0.1, 0.15) is 71.4 Å². The number of hydrogen-bond donors (Lipinski definition) is 3. The second kappa shape index (κ2) is 13.8. The Balaban J connectivity index is 2.10. The van der Waals surface area contributed by atoms with Gasteiger partial charge in [-0.2, -0.15) is 0 Å². The number of ether oxygens (including phenoxy) is 1. The van der Waals surface area contributed by atoms with Crippen molar-refractivity contribution >= 4 is 35.0 Å². The van der Waals surface area contributed by atoms with E-state index in [2.05, 4.69) is 10.3 Å². The van der Waals surface area contributed by atoms with Gasteiger partial charge in [0.15, 0.2) is 12.3 Å². The molecule has 0 radical (unpaired) electrons. The summed E-state index contributed by atoms with van der Waals surface area (Å²) in [6.45, 7) is 13.3. The molecule has 0 bridgehead atoms. The lowest BCUT2D eigenvalue weighted by Gasteiger charge is -2.26. The molecule has 1 heterocycles. The van der Waals surface area contributed by atoms with E-state index in [-0.39, 0.29) is 55.2 Å². The molecule has 11 nitrogen and oxygen atoms in total. The number of carbonyl (C=O) groups excluding carboxylic acids is 3. The van der Waals surface area contributed by atoms with Gasteiger partial charge in [0.2, 0.25) is 5.91 Å². The number of benzene rings is 1.